The molecule has 0 aliphatic rings. The number of carboxylic acid groups (broad SMARTS) is 1. The summed E-state index contributed by atoms with van der Waals surface area (Å²) in [5.74, 6) is -1.16. The van der Waals surface area contributed by atoms with Crippen molar-refractivity contribution < 1.29 is 19.7 Å². The van der Waals surface area contributed by atoms with Gasteiger partial charge in [0.25, 0.3) is 0 Å². The number of aliphatic hydroxyl groups excluding tert-OH is 1. The number of aromatic carboxylic acids is 1. The van der Waals surface area contributed by atoms with Crippen LogP contribution in [0.15, 0.2) is 12.1 Å². The molecule has 0 radical (unpaired) electrons. The summed E-state index contributed by atoms with van der Waals surface area (Å²) in [5, 5.41) is 17.5. The number of ether oxygens (including phenoxy) is 1. The Morgan fingerprint density at radius 2 is 2.20 bits per heavy atom. The number of nitrogen functional groups attached to an aromatic ring is 1. The number of nitrogens with two attached hydrogens (primary N) is 1. The van der Waals surface area contributed by atoms with Crippen molar-refractivity contribution in [2.75, 3.05) is 18.9 Å². The molecule has 0 atom stereocenters. The van der Waals surface area contributed by atoms with Crippen LogP contribution in [0.2, 0.25) is 5.02 Å². The highest BCUT2D eigenvalue weighted by Gasteiger charge is 2.15. The third-order valence-electron chi connectivity index (χ3n) is 1.63. The van der Waals surface area contributed by atoms with Gasteiger partial charge in [0.1, 0.15) is 12.2 Å². The normalized spacial score (nSPS) is 10.0. The Morgan fingerprint density at radius 3 is 2.73 bits per heavy atom. The standard InChI is InChI=1S/C9H10ClNO4/c10-7-4-5(11)3-6(9(13)14)8(7)15-2-1-12/h3-4,12H,1-2,11H2,(H,13,14). The van der Waals surface area contributed by atoms with Gasteiger partial charge in [-0.25, -0.2) is 4.79 Å². The van der Waals surface area contributed by atoms with Crippen LogP contribution in [0.5, 0.6) is 5.75 Å². The topological polar surface area (TPSA) is 92.8 Å². The zero-order valence-corrected chi connectivity index (χ0v) is 8.49. The highest BCUT2D eigenvalue weighted by atomic mass is 35.5. The van der Waals surface area contributed by atoms with Gasteiger partial charge in [-0.05, 0) is 12.1 Å². The lowest BCUT2D eigenvalue weighted by Gasteiger charge is -2.10. The summed E-state index contributed by atoms with van der Waals surface area (Å²) >= 11 is 5.76. The highest BCUT2D eigenvalue weighted by molar-refractivity contribution is 6.33. The molecule has 0 saturated carbocycles. The van der Waals surface area contributed by atoms with Crippen molar-refractivity contribution >= 4 is 23.3 Å². The minimum Gasteiger partial charge on any atom is -0.489 e. The molecule has 0 amide bonds. The highest BCUT2D eigenvalue weighted by Crippen LogP contribution is 2.31. The van der Waals surface area contributed by atoms with E-state index in [1.807, 2.05) is 0 Å². The lowest BCUT2D eigenvalue weighted by Crippen LogP contribution is -2.08. The van der Waals surface area contributed by atoms with Gasteiger partial charge < -0.3 is 20.7 Å². The lowest BCUT2D eigenvalue weighted by molar-refractivity contribution is 0.0691. The Balaban J connectivity index is 3.15. The number of carbonyl (C=O) groups is 1. The van der Waals surface area contributed by atoms with Crippen molar-refractivity contribution in [3.63, 3.8) is 0 Å². The first kappa shape index (κ1) is 11.6. The molecule has 0 spiro atoms. The third-order valence-corrected chi connectivity index (χ3v) is 1.91. The monoisotopic (exact) mass is 231 g/mol. The minimum atomic E-state index is -1.18. The van der Waals surface area contributed by atoms with E-state index in [-0.39, 0.29) is 35.2 Å². The number of halogens is 1. The smallest absolute Gasteiger partial charge is 0.339 e. The van der Waals surface area contributed by atoms with Gasteiger partial charge >= 0.3 is 5.97 Å². The molecule has 0 unspecified atom stereocenters. The summed E-state index contributed by atoms with van der Waals surface area (Å²) in [6.07, 6.45) is 0. The van der Waals surface area contributed by atoms with Crippen LogP contribution in [-0.4, -0.2) is 29.4 Å². The first-order valence-electron chi connectivity index (χ1n) is 4.12. The number of hydrogen-bond acceptors (Lipinski definition) is 4. The van der Waals surface area contributed by atoms with Crippen LogP contribution in [0.3, 0.4) is 0 Å². The molecule has 1 aromatic carbocycles. The summed E-state index contributed by atoms with van der Waals surface area (Å²) < 4.78 is 5.02. The summed E-state index contributed by atoms with van der Waals surface area (Å²) in [6.45, 7) is -0.246. The fourth-order valence-electron chi connectivity index (χ4n) is 1.07. The fraction of sp³-hybridized carbons (Fsp3) is 0.222. The Kier molecular flexibility index (Phi) is 3.76. The van der Waals surface area contributed by atoms with Gasteiger partial charge in [-0.1, -0.05) is 11.6 Å². The maximum absolute atomic E-state index is 10.8. The molecule has 0 aromatic heterocycles. The molecule has 1 aromatic rings. The molecule has 5 nitrogen and oxygen atoms in total. The predicted octanol–water partition coefficient (Wildman–Crippen LogP) is 0.992. The van der Waals surface area contributed by atoms with Gasteiger partial charge in [0.2, 0.25) is 0 Å². The van der Waals surface area contributed by atoms with E-state index in [9.17, 15) is 4.79 Å². The van der Waals surface area contributed by atoms with E-state index in [0.29, 0.717) is 0 Å². The number of benzene rings is 1. The molecule has 0 aliphatic carbocycles. The van der Waals surface area contributed by atoms with Crippen molar-refractivity contribution in [2.45, 2.75) is 0 Å². The summed E-state index contributed by atoms with van der Waals surface area (Å²) in [4.78, 5) is 10.8. The molecule has 0 aliphatic heterocycles. The average Bonchev–Trinajstić information content (AvgIpc) is 2.15. The maximum atomic E-state index is 10.8. The van der Waals surface area contributed by atoms with Gasteiger partial charge in [0.15, 0.2) is 5.75 Å². The molecule has 1 rings (SSSR count). The Morgan fingerprint density at radius 1 is 1.53 bits per heavy atom. The first-order valence-corrected chi connectivity index (χ1v) is 4.50. The summed E-state index contributed by atoms with van der Waals surface area (Å²) in [7, 11) is 0. The molecule has 0 bridgehead atoms. The second kappa shape index (κ2) is 4.86. The van der Waals surface area contributed by atoms with E-state index in [1.165, 1.54) is 12.1 Å². The van der Waals surface area contributed by atoms with Gasteiger partial charge in [0.05, 0.1) is 11.6 Å². The molecular formula is C9H10ClNO4. The van der Waals surface area contributed by atoms with Crippen LogP contribution in [0.4, 0.5) is 5.69 Å². The van der Waals surface area contributed by atoms with Crippen molar-refractivity contribution in [3.8, 4) is 5.75 Å². The summed E-state index contributed by atoms with van der Waals surface area (Å²) in [6, 6.07) is 2.64. The molecule has 4 N–H and O–H groups in total. The average molecular weight is 232 g/mol. The largest absolute Gasteiger partial charge is 0.489 e. The SMILES string of the molecule is Nc1cc(Cl)c(OCCO)c(C(=O)O)c1. The van der Waals surface area contributed by atoms with Gasteiger partial charge in [-0.15, -0.1) is 0 Å². The van der Waals surface area contributed by atoms with E-state index in [2.05, 4.69) is 0 Å². The van der Waals surface area contributed by atoms with E-state index in [4.69, 9.17) is 32.3 Å². The van der Waals surface area contributed by atoms with E-state index in [0.717, 1.165) is 0 Å². The van der Waals surface area contributed by atoms with Gasteiger partial charge in [-0.2, -0.15) is 0 Å². The van der Waals surface area contributed by atoms with Crippen LogP contribution in [-0.2, 0) is 0 Å². The second-order valence-electron chi connectivity index (χ2n) is 2.76. The second-order valence-corrected chi connectivity index (χ2v) is 3.16. The van der Waals surface area contributed by atoms with Gasteiger partial charge in [-0.3, -0.25) is 0 Å². The van der Waals surface area contributed by atoms with Crippen LogP contribution in [0.25, 0.3) is 0 Å². The molecular weight excluding hydrogens is 222 g/mol. The lowest BCUT2D eigenvalue weighted by atomic mass is 10.2. The van der Waals surface area contributed by atoms with Crippen LogP contribution in [0, 0.1) is 0 Å². The Hall–Kier alpha value is -1.46. The molecule has 0 heterocycles. The quantitative estimate of drug-likeness (QED) is 0.672. The van der Waals surface area contributed by atoms with E-state index < -0.39 is 5.97 Å². The first-order chi connectivity index (χ1) is 7.06. The number of rotatable bonds is 4. The fourth-order valence-corrected chi connectivity index (χ4v) is 1.35. The van der Waals surface area contributed by atoms with Crippen LogP contribution < -0.4 is 10.5 Å². The zero-order chi connectivity index (χ0) is 11.4. The number of hydrogen-bond donors (Lipinski definition) is 3. The predicted molar refractivity (Wildman–Crippen MR) is 55.4 cm³/mol. The van der Waals surface area contributed by atoms with Crippen LogP contribution >= 0.6 is 11.6 Å². The van der Waals surface area contributed by atoms with Gasteiger partial charge in [0, 0.05) is 5.69 Å². The van der Waals surface area contributed by atoms with Crippen LogP contribution in [0.1, 0.15) is 10.4 Å². The van der Waals surface area contributed by atoms with Crippen molar-refractivity contribution in [1.82, 2.24) is 0 Å². The summed E-state index contributed by atoms with van der Waals surface area (Å²) in [5.41, 5.74) is 5.57. The molecule has 0 saturated heterocycles. The minimum absolute atomic E-state index is 0.0208. The molecule has 0 fully saturated rings. The molecule has 6 heteroatoms. The Bertz CT molecular complexity index is 381. The van der Waals surface area contributed by atoms with Crippen molar-refractivity contribution in [3.05, 3.63) is 22.7 Å². The number of anilines is 1. The number of carboxylic acids is 1. The molecule has 82 valence electrons. The maximum Gasteiger partial charge on any atom is 0.339 e. The number of aliphatic hydroxyl groups is 1. The van der Waals surface area contributed by atoms with Crippen molar-refractivity contribution in [2.24, 2.45) is 0 Å². The molecule has 15 heavy (non-hydrogen) atoms. The third kappa shape index (κ3) is 2.74. The van der Waals surface area contributed by atoms with E-state index >= 15 is 0 Å². The van der Waals surface area contributed by atoms with Crippen molar-refractivity contribution in [1.29, 1.82) is 0 Å². The van der Waals surface area contributed by atoms with E-state index in [1.54, 1.807) is 0 Å². The Labute approximate surface area is 91.0 Å². The zero-order valence-electron chi connectivity index (χ0n) is 7.74.